The Hall–Kier alpha value is -4.27. The number of hydrogen-bond donors (Lipinski definition) is 3. The number of piperazine rings is 1. The number of nitrogens with one attached hydrogen (secondary N) is 2. The van der Waals surface area contributed by atoms with E-state index in [2.05, 4.69) is 15.6 Å². The molecule has 2 aliphatic rings. The molecule has 0 saturated carbocycles. The number of amides is 2. The number of hydrogen-bond acceptors (Lipinski definition) is 6. The number of carboxylic acid groups (broad SMARTS) is 1. The molecule has 0 aliphatic carbocycles. The van der Waals surface area contributed by atoms with Crippen molar-refractivity contribution in [2.24, 2.45) is 0 Å². The summed E-state index contributed by atoms with van der Waals surface area (Å²) in [6.45, 7) is 2.41. The fourth-order valence-corrected chi connectivity index (χ4v) is 4.35. The molecule has 40 heavy (non-hydrogen) atoms. The molecular weight excluding hydrogens is 545 g/mol. The van der Waals surface area contributed by atoms with Gasteiger partial charge in [0.25, 0.3) is 5.91 Å². The fourth-order valence-electron chi connectivity index (χ4n) is 4.35. The molecule has 1 saturated heterocycles. The quantitative estimate of drug-likeness (QED) is 0.403. The van der Waals surface area contributed by atoms with Crippen LogP contribution in [0.15, 0.2) is 41.1 Å². The molecule has 2 amide bonds. The van der Waals surface area contributed by atoms with Crippen LogP contribution in [0.1, 0.15) is 28.4 Å². The van der Waals surface area contributed by atoms with E-state index < -0.39 is 23.8 Å². The van der Waals surface area contributed by atoms with Crippen LogP contribution < -0.4 is 10.6 Å². The molecule has 1 aromatic carbocycles. The van der Waals surface area contributed by atoms with Gasteiger partial charge in [0.05, 0.1) is 30.6 Å². The smallest absolute Gasteiger partial charge is 0.475 e. The number of nitrogens with zero attached hydrogens (tertiary/aromatic N) is 3. The van der Waals surface area contributed by atoms with Crippen molar-refractivity contribution >= 4 is 17.8 Å². The Bertz CT molecular complexity index is 1400. The Balaban J connectivity index is 0.000000470. The SMILES string of the molecule is O=C(O)C(F)(F)F.O=C1CN(Cc2occc2C(=O)NC2CCc3nc(-c4ccc(F)cc4F)cn3C2)CCN1. The summed E-state index contributed by atoms with van der Waals surface area (Å²) in [4.78, 5) is 39.9. The number of imidazole rings is 1. The van der Waals surface area contributed by atoms with Gasteiger partial charge in [0, 0.05) is 49.9 Å². The van der Waals surface area contributed by atoms with E-state index in [4.69, 9.17) is 14.3 Å². The molecule has 3 N–H and O–H groups in total. The zero-order chi connectivity index (χ0) is 29.0. The summed E-state index contributed by atoms with van der Waals surface area (Å²) >= 11 is 0. The highest BCUT2D eigenvalue weighted by Crippen LogP contribution is 2.26. The van der Waals surface area contributed by atoms with Gasteiger partial charge in [0.1, 0.15) is 23.2 Å². The van der Waals surface area contributed by atoms with Crippen molar-refractivity contribution in [3.05, 3.63) is 65.5 Å². The van der Waals surface area contributed by atoms with Gasteiger partial charge < -0.3 is 24.7 Å². The van der Waals surface area contributed by atoms with Crippen LogP contribution in [0.4, 0.5) is 22.0 Å². The third kappa shape index (κ3) is 7.02. The van der Waals surface area contributed by atoms with Gasteiger partial charge in [-0.25, -0.2) is 18.6 Å². The summed E-state index contributed by atoms with van der Waals surface area (Å²) in [5, 5.41) is 12.9. The zero-order valence-corrected chi connectivity index (χ0v) is 20.8. The monoisotopic (exact) mass is 569 g/mol. The lowest BCUT2D eigenvalue weighted by atomic mass is 10.1. The molecule has 1 fully saturated rings. The van der Waals surface area contributed by atoms with Gasteiger partial charge in [-0.2, -0.15) is 13.2 Å². The number of fused-ring (bicyclic) bond motifs is 1. The number of furan rings is 1. The molecule has 0 spiro atoms. The molecule has 214 valence electrons. The maximum atomic E-state index is 14.2. The normalized spacial score (nSPS) is 17.3. The summed E-state index contributed by atoms with van der Waals surface area (Å²) in [5.41, 5.74) is 1.14. The number of aromatic nitrogens is 2. The van der Waals surface area contributed by atoms with E-state index >= 15 is 0 Å². The molecular formula is C25H24F5N5O5. The second-order valence-electron chi connectivity index (χ2n) is 9.15. The van der Waals surface area contributed by atoms with Gasteiger partial charge in [-0.3, -0.25) is 14.5 Å². The lowest BCUT2D eigenvalue weighted by molar-refractivity contribution is -0.192. The van der Waals surface area contributed by atoms with Gasteiger partial charge >= 0.3 is 12.1 Å². The molecule has 1 atom stereocenters. The number of carbonyl (C=O) groups is 3. The summed E-state index contributed by atoms with van der Waals surface area (Å²) < 4.78 is 66.5. The molecule has 15 heteroatoms. The zero-order valence-electron chi connectivity index (χ0n) is 20.8. The van der Waals surface area contributed by atoms with Crippen molar-refractivity contribution < 1.29 is 45.9 Å². The highest BCUT2D eigenvalue weighted by molar-refractivity contribution is 5.95. The molecule has 0 radical (unpaired) electrons. The maximum Gasteiger partial charge on any atom is 0.490 e. The average Bonchev–Trinajstić information content (AvgIpc) is 3.50. The lowest BCUT2D eigenvalue weighted by Crippen LogP contribution is -2.47. The number of aliphatic carboxylic acids is 1. The molecule has 2 aliphatic heterocycles. The van der Waals surface area contributed by atoms with E-state index in [1.807, 2.05) is 9.47 Å². The Kier molecular flexibility index (Phi) is 8.52. The first-order chi connectivity index (χ1) is 18.9. The van der Waals surface area contributed by atoms with Gasteiger partial charge in [-0.15, -0.1) is 0 Å². The van der Waals surface area contributed by atoms with Crippen molar-refractivity contribution in [1.29, 1.82) is 0 Å². The van der Waals surface area contributed by atoms with Crippen LogP contribution in [0.3, 0.4) is 0 Å². The summed E-state index contributed by atoms with van der Waals surface area (Å²) in [6.07, 6.45) is -0.566. The minimum Gasteiger partial charge on any atom is -0.475 e. The number of aryl methyl sites for hydroxylation is 1. The Morgan fingerprint density at radius 3 is 2.65 bits per heavy atom. The second kappa shape index (κ2) is 11.9. The Morgan fingerprint density at radius 1 is 1.23 bits per heavy atom. The standard InChI is InChI=1S/C23H23F2N5O3.C2HF3O2/c24-14-1-3-16(18(25)9-14)19-11-30-10-15(2-4-21(30)28-19)27-23(32)17-5-8-33-20(17)12-29-7-6-26-22(31)13-29;3-2(4,5)1(6)7/h1,3,5,8-9,11,15H,2,4,6-7,10,12-13H2,(H,26,31)(H,27,32);(H,6,7). The van der Waals surface area contributed by atoms with E-state index in [9.17, 15) is 31.5 Å². The first-order valence-corrected chi connectivity index (χ1v) is 12.1. The van der Waals surface area contributed by atoms with Crippen molar-refractivity contribution in [3.63, 3.8) is 0 Å². The predicted octanol–water partition coefficient (Wildman–Crippen LogP) is 2.73. The van der Waals surface area contributed by atoms with E-state index in [-0.39, 0.29) is 30.0 Å². The third-order valence-corrected chi connectivity index (χ3v) is 6.25. The van der Waals surface area contributed by atoms with Crippen LogP contribution in [0.2, 0.25) is 0 Å². The van der Waals surface area contributed by atoms with Crippen LogP contribution in [0.25, 0.3) is 11.3 Å². The van der Waals surface area contributed by atoms with E-state index in [0.717, 1.165) is 11.9 Å². The van der Waals surface area contributed by atoms with Crippen LogP contribution in [0, 0.1) is 11.6 Å². The first kappa shape index (κ1) is 28.7. The fraction of sp³-hybridized carbons (Fsp3) is 0.360. The predicted molar refractivity (Wildman–Crippen MR) is 128 cm³/mol. The largest absolute Gasteiger partial charge is 0.490 e. The van der Waals surface area contributed by atoms with Gasteiger partial charge in [0.2, 0.25) is 5.91 Å². The minimum absolute atomic E-state index is 0.0444. The topological polar surface area (TPSA) is 130 Å². The van der Waals surface area contributed by atoms with Crippen LogP contribution in [0.5, 0.6) is 0 Å². The number of halogens is 5. The second-order valence-corrected chi connectivity index (χ2v) is 9.15. The number of alkyl halides is 3. The molecule has 3 aromatic rings. The van der Waals surface area contributed by atoms with Crippen molar-refractivity contribution in [3.8, 4) is 11.3 Å². The number of carboxylic acids is 1. The Morgan fingerprint density at radius 2 is 1.98 bits per heavy atom. The van der Waals surface area contributed by atoms with Gasteiger partial charge in [-0.05, 0) is 24.6 Å². The van der Waals surface area contributed by atoms with Crippen LogP contribution >= 0.6 is 0 Å². The molecule has 0 bridgehead atoms. The van der Waals surface area contributed by atoms with Crippen LogP contribution in [-0.2, 0) is 29.1 Å². The summed E-state index contributed by atoms with van der Waals surface area (Å²) in [5.74, 6) is -3.01. The van der Waals surface area contributed by atoms with E-state index in [1.165, 1.54) is 18.4 Å². The van der Waals surface area contributed by atoms with E-state index in [0.29, 0.717) is 56.0 Å². The summed E-state index contributed by atoms with van der Waals surface area (Å²) in [6, 6.07) is 4.93. The van der Waals surface area contributed by atoms with Crippen molar-refractivity contribution in [2.75, 3.05) is 19.6 Å². The van der Waals surface area contributed by atoms with Gasteiger partial charge in [-0.1, -0.05) is 0 Å². The summed E-state index contributed by atoms with van der Waals surface area (Å²) in [7, 11) is 0. The molecule has 10 nitrogen and oxygen atoms in total. The van der Waals surface area contributed by atoms with Gasteiger partial charge in [0.15, 0.2) is 0 Å². The lowest BCUT2D eigenvalue weighted by Gasteiger charge is -2.26. The molecule has 2 aromatic heterocycles. The highest BCUT2D eigenvalue weighted by Gasteiger charge is 2.38. The third-order valence-electron chi connectivity index (χ3n) is 6.25. The minimum atomic E-state index is -5.08. The number of rotatable bonds is 5. The first-order valence-electron chi connectivity index (χ1n) is 12.1. The van der Waals surface area contributed by atoms with Crippen molar-refractivity contribution in [1.82, 2.24) is 25.1 Å². The Labute approximate surface area is 223 Å². The molecule has 4 heterocycles. The molecule has 1 unspecified atom stereocenters. The van der Waals surface area contributed by atoms with Crippen LogP contribution in [-0.4, -0.2) is 69.2 Å². The number of benzene rings is 1. The highest BCUT2D eigenvalue weighted by atomic mass is 19.4. The molecule has 5 rings (SSSR count). The average molecular weight is 569 g/mol. The number of carbonyl (C=O) groups excluding carboxylic acids is 2. The van der Waals surface area contributed by atoms with E-state index in [1.54, 1.807) is 12.3 Å². The maximum absolute atomic E-state index is 14.2. The van der Waals surface area contributed by atoms with Crippen molar-refractivity contribution in [2.45, 2.75) is 38.1 Å².